The molecule has 0 saturated carbocycles. The molecule has 39 heavy (non-hydrogen) atoms. The summed E-state index contributed by atoms with van der Waals surface area (Å²) in [6, 6.07) is 15.5. The SMILES string of the molecule is CCOC(=O)C1=C(CN2CCN(C(=O)Nc3ccccc3)[C@H](C)C2)N(CC)C(=O)N[C@H]1c1cccc(OC)c1. The molecule has 10 heteroatoms. The number of nitrogens with zero attached hydrogens (tertiary/aromatic N) is 3. The molecular weight excluding hydrogens is 498 g/mol. The van der Waals surface area contributed by atoms with Crippen LogP contribution in [0.4, 0.5) is 15.3 Å². The highest BCUT2D eigenvalue weighted by Crippen LogP contribution is 2.33. The summed E-state index contributed by atoms with van der Waals surface area (Å²) in [7, 11) is 1.58. The minimum Gasteiger partial charge on any atom is -0.497 e. The lowest BCUT2D eigenvalue weighted by molar-refractivity contribution is -0.139. The van der Waals surface area contributed by atoms with Crippen molar-refractivity contribution in [1.82, 2.24) is 20.0 Å². The smallest absolute Gasteiger partial charge is 0.338 e. The molecule has 10 nitrogen and oxygen atoms in total. The largest absolute Gasteiger partial charge is 0.497 e. The molecule has 1 saturated heterocycles. The number of methoxy groups -OCH3 is 1. The number of para-hydroxylation sites is 1. The number of urea groups is 2. The van der Waals surface area contributed by atoms with Gasteiger partial charge in [-0.1, -0.05) is 30.3 Å². The Labute approximate surface area is 229 Å². The first-order valence-corrected chi connectivity index (χ1v) is 13.3. The fraction of sp³-hybridized carbons (Fsp3) is 0.414. The molecule has 2 atom stereocenters. The number of nitrogens with one attached hydrogen (secondary N) is 2. The molecule has 0 unspecified atom stereocenters. The van der Waals surface area contributed by atoms with Gasteiger partial charge in [0.25, 0.3) is 0 Å². The van der Waals surface area contributed by atoms with Crippen LogP contribution in [0, 0.1) is 0 Å². The van der Waals surface area contributed by atoms with E-state index in [9.17, 15) is 14.4 Å². The second-order valence-electron chi connectivity index (χ2n) is 9.56. The molecule has 4 rings (SSSR count). The molecule has 2 heterocycles. The van der Waals surface area contributed by atoms with Crippen molar-refractivity contribution in [3.05, 3.63) is 71.4 Å². The molecule has 0 bridgehead atoms. The van der Waals surface area contributed by atoms with E-state index in [1.807, 2.05) is 73.3 Å². The number of rotatable bonds is 8. The Morgan fingerprint density at radius 2 is 1.85 bits per heavy atom. The third kappa shape index (κ3) is 6.34. The second-order valence-corrected chi connectivity index (χ2v) is 9.56. The zero-order valence-electron chi connectivity index (χ0n) is 23.0. The number of benzene rings is 2. The highest BCUT2D eigenvalue weighted by Gasteiger charge is 2.39. The molecule has 2 aliphatic rings. The van der Waals surface area contributed by atoms with E-state index in [1.165, 1.54) is 0 Å². The number of piperazine rings is 1. The lowest BCUT2D eigenvalue weighted by atomic mass is 9.93. The molecule has 208 valence electrons. The minimum atomic E-state index is -0.681. The molecule has 0 aromatic heterocycles. The van der Waals surface area contributed by atoms with E-state index in [0.717, 1.165) is 11.3 Å². The van der Waals surface area contributed by atoms with Gasteiger partial charge in [-0.25, -0.2) is 14.4 Å². The summed E-state index contributed by atoms with van der Waals surface area (Å²) in [6.07, 6.45) is 0. The van der Waals surface area contributed by atoms with Crippen LogP contribution in [0.1, 0.15) is 32.4 Å². The predicted molar refractivity (Wildman–Crippen MR) is 148 cm³/mol. The number of hydrogen-bond donors (Lipinski definition) is 2. The number of likely N-dealkylation sites (N-methyl/N-ethyl adjacent to an activating group) is 1. The van der Waals surface area contributed by atoms with Gasteiger partial charge >= 0.3 is 18.0 Å². The Kier molecular flexibility index (Phi) is 9.08. The standard InChI is InChI=1S/C29H37N5O5/c1-5-33-24(19-32-15-16-34(20(3)18-32)28(36)30-22-12-8-7-9-13-22)25(27(35)39-6-2)26(31-29(33)37)21-11-10-14-23(17-21)38-4/h7-14,17,20,26H,5-6,15-16,18-19H2,1-4H3,(H,30,36)(H,31,37)/t20-,26+/m1/s1. The van der Waals surface area contributed by atoms with E-state index in [2.05, 4.69) is 15.5 Å². The van der Waals surface area contributed by atoms with Gasteiger partial charge in [-0.05, 0) is 50.6 Å². The van der Waals surface area contributed by atoms with Gasteiger partial charge in [-0.3, -0.25) is 9.80 Å². The highest BCUT2D eigenvalue weighted by atomic mass is 16.5. The van der Waals surface area contributed by atoms with Gasteiger partial charge in [0.05, 0.1) is 25.3 Å². The fourth-order valence-corrected chi connectivity index (χ4v) is 5.14. The molecule has 0 aliphatic carbocycles. The van der Waals surface area contributed by atoms with Crippen molar-refractivity contribution in [2.75, 3.05) is 51.8 Å². The lowest BCUT2D eigenvalue weighted by Crippen LogP contribution is -2.57. The van der Waals surface area contributed by atoms with Gasteiger partial charge in [0.1, 0.15) is 5.75 Å². The Bertz CT molecular complexity index is 1220. The fourth-order valence-electron chi connectivity index (χ4n) is 5.14. The van der Waals surface area contributed by atoms with Crippen molar-refractivity contribution in [3.8, 4) is 5.75 Å². The summed E-state index contributed by atoms with van der Waals surface area (Å²) in [4.78, 5) is 45.1. The van der Waals surface area contributed by atoms with Crippen LogP contribution in [0.3, 0.4) is 0 Å². The molecule has 1 fully saturated rings. The molecular formula is C29H37N5O5. The Morgan fingerprint density at radius 1 is 1.08 bits per heavy atom. The van der Waals surface area contributed by atoms with E-state index < -0.39 is 12.0 Å². The maximum Gasteiger partial charge on any atom is 0.338 e. The van der Waals surface area contributed by atoms with Crippen LogP contribution in [0.5, 0.6) is 5.75 Å². The van der Waals surface area contributed by atoms with Crippen molar-refractivity contribution in [2.24, 2.45) is 0 Å². The Balaban J connectivity index is 1.60. The van der Waals surface area contributed by atoms with Crippen LogP contribution in [0.25, 0.3) is 0 Å². The number of esters is 1. The van der Waals surface area contributed by atoms with Crippen LogP contribution in [0.2, 0.25) is 0 Å². The number of amides is 4. The van der Waals surface area contributed by atoms with Crippen LogP contribution < -0.4 is 15.4 Å². The number of carbonyl (C=O) groups excluding carboxylic acids is 3. The van der Waals surface area contributed by atoms with Crippen molar-refractivity contribution in [2.45, 2.75) is 32.9 Å². The van der Waals surface area contributed by atoms with Crippen molar-refractivity contribution in [1.29, 1.82) is 0 Å². The van der Waals surface area contributed by atoms with E-state index in [-0.39, 0.29) is 24.7 Å². The first-order chi connectivity index (χ1) is 18.9. The first-order valence-electron chi connectivity index (χ1n) is 13.3. The molecule has 2 aliphatic heterocycles. The van der Waals surface area contributed by atoms with Gasteiger partial charge in [-0.15, -0.1) is 0 Å². The van der Waals surface area contributed by atoms with Gasteiger partial charge in [0.15, 0.2) is 0 Å². The third-order valence-electron chi connectivity index (χ3n) is 7.05. The molecule has 2 N–H and O–H groups in total. The first kappa shape index (κ1) is 28.0. The topological polar surface area (TPSA) is 103 Å². The van der Waals surface area contributed by atoms with Crippen molar-refractivity contribution >= 4 is 23.7 Å². The van der Waals surface area contributed by atoms with E-state index in [1.54, 1.807) is 18.9 Å². The minimum absolute atomic E-state index is 0.0734. The third-order valence-corrected chi connectivity index (χ3v) is 7.05. The molecule has 4 amide bonds. The molecule has 0 spiro atoms. The van der Waals surface area contributed by atoms with Crippen LogP contribution >= 0.6 is 0 Å². The maximum atomic E-state index is 13.4. The van der Waals surface area contributed by atoms with Gasteiger partial charge in [-0.2, -0.15) is 0 Å². The van der Waals surface area contributed by atoms with Crippen molar-refractivity contribution < 1.29 is 23.9 Å². The van der Waals surface area contributed by atoms with Crippen LogP contribution in [0.15, 0.2) is 65.9 Å². The summed E-state index contributed by atoms with van der Waals surface area (Å²) in [5.41, 5.74) is 2.50. The Hall–Kier alpha value is -4.05. The summed E-state index contributed by atoms with van der Waals surface area (Å²) >= 11 is 0. The maximum absolute atomic E-state index is 13.4. The average molecular weight is 536 g/mol. The van der Waals surface area contributed by atoms with E-state index in [4.69, 9.17) is 9.47 Å². The van der Waals surface area contributed by atoms with Gasteiger partial charge < -0.3 is 25.0 Å². The number of anilines is 1. The Morgan fingerprint density at radius 3 is 2.51 bits per heavy atom. The summed E-state index contributed by atoms with van der Waals surface area (Å²) in [5.74, 6) is 0.163. The molecule has 2 aromatic rings. The van der Waals surface area contributed by atoms with Crippen LogP contribution in [-0.4, -0.2) is 85.2 Å². The summed E-state index contributed by atoms with van der Waals surface area (Å²) in [6.45, 7) is 8.31. The summed E-state index contributed by atoms with van der Waals surface area (Å²) < 4.78 is 10.9. The second kappa shape index (κ2) is 12.7. The van der Waals surface area contributed by atoms with Gasteiger partial charge in [0, 0.05) is 50.2 Å². The van der Waals surface area contributed by atoms with E-state index in [0.29, 0.717) is 49.7 Å². The van der Waals surface area contributed by atoms with Gasteiger partial charge in [0.2, 0.25) is 0 Å². The summed E-state index contributed by atoms with van der Waals surface area (Å²) in [5, 5.41) is 5.94. The number of ether oxygens (including phenoxy) is 2. The van der Waals surface area contributed by atoms with E-state index >= 15 is 0 Å². The zero-order valence-corrected chi connectivity index (χ0v) is 23.0. The lowest BCUT2D eigenvalue weighted by Gasteiger charge is -2.42. The number of hydrogen-bond acceptors (Lipinski definition) is 6. The molecule has 0 radical (unpaired) electrons. The molecule has 2 aromatic carbocycles. The highest BCUT2D eigenvalue weighted by molar-refractivity contribution is 5.95. The quantitative estimate of drug-likeness (QED) is 0.498. The monoisotopic (exact) mass is 535 g/mol. The zero-order chi connectivity index (χ0) is 27.9. The average Bonchev–Trinajstić information content (AvgIpc) is 2.93. The predicted octanol–water partition coefficient (Wildman–Crippen LogP) is 3.84. The number of carbonyl (C=O) groups is 3. The normalized spacial score (nSPS) is 19.9. The van der Waals surface area contributed by atoms with Crippen LogP contribution in [-0.2, 0) is 9.53 Å². The van der Waals surface area contributed by atoms with Crippen molar-refractivity contribution in [3.63, 3.8) is 0 Å².